The van der Waals surface area contributed by atoms with Crippen LogP contribution in [0.1, 0.15) is 23.9 Å². The van der Waals surface area contributed by atoms with Gasteiger partial charge < -0.3 is 19.1 Å². The number of hydrogen-bond donors (Lipinski definition) is 1. The van der Waals surface area contributed by atoms with Crippen molar-refractivity contribution in [2.45, 2.75) is 13.5 Å². The molecule has 0 radical (unpaired) electrons. The van der Waals surface area contributed by atoms with Crippen LogP contribution in [0, 0.1) is 0 Å². The van der Waals surface area contributed by atoms with Gasteiger partial charge in [0.15, 0.2) is 11.5 Å². The number of phenolic OH excluding ortho intramolecular Hbond substituents is 1. The fourth-order valence-corrected chi connectivity index (χ4v) is 3.32. The predicted octanol–water partition coefficient (Wildman–Crippen LogP) is 4.51. The van der Waals surface area contributed by atoms with Crippen molar-refractivity contribution in [3.8, 4) is 11.5 Å². The first-order chi connectivity index (χ1) is 14.0. The number of phenols is 1. The van der Waals surface area contributed by atoms with Gasteiger partial charge in [-0.2, -0.15) is 0 Å². The molecule has 1 N–H and O–H groups in total. The van der Waals surface area contributed by atoms with Crippen molar-refractivity contribution in [1.82, 2.24) is 9.55 Å². The Morgan fingerprint density at radius 3 is 2.72 bits per heavy atom. The number of methoxy groups -OCH3 is 1. The van der Waals surface area contributed by atoms with Crippen LogP contribution in [-0.4, -0.2) is 34.3 Å². The lowest BCUT2D eigenvalue weighted by Crippen LogP contribution is -2.12. The zero-order valence-electron chi connectivity index (χ0n) is 16.1. The van der Waals surface area contributed by atoms with Crippen molar-refractivity contribution < 1.29 is 19.4 Å². The van der Waals surface area contributed by atoms with Crippen LogP contribution in [0.25, 0.3) is 11.6 Å². The highest BCUT2D eigenvalue weighted by atomic mass is 79.9. The Labute approximate surface area is 177 Å². The van der Waals surface area contributed by atoms with Crippen LogP contribution < -0.4 is 4.74 Å². The largest absolute Gasteiger partial charge is 0.504 e. The van der Waals surface area contributed by atoms with Gasteiger partial charge in [-0.1, -0.05) is 46.3 Å². The maximum absolute atomic E-state index is 12.7. The Balaban J connectivity index is 2.07. The van der Waals surface area contributed by atoms with E-state index in [0.29, 0.717) is 33.7 Å². The summed E-state index contributed by atoms with van der Waals surface area (Å²) >= 11 is 3.42. The van der Waals surface area contributed by atoms with Gasteiger partial charge in [-0.25, -0.2) is 9.78 Å². The first-order valence-electron chi connectivity index (χ1n) is 9.04. The standard InChI is InChI=1S/C22H21BrN2O4/c1-3-29-22(27)17(11-16-12-20(28-2)19(26)13-18(16)23)21-24-9-10-25(21)14-15-7-5-4-6-8-15/h4-13,26H,3,14H2,1-2H3. The number of aromatic hydroxyl groups is 1. The van der Waals surface area contributed by atoms with Gasteiger partial charge in [0.25, 0.3) is 0 Å². The van der Waals surface area contributed by atoms with Gasteiger partial charge in [-0.15, -0.1) is 0 Å². The molecule has 3 aromatic rings. The molecule has 29 heavy (non-hydrogen) atoms. The first-order valence-corrected chi connectivity index (χ1v) is 9.83. The number of halogens is 1. The molecule has 0 fully saturated rings. The third kappa shape index (κ3) is 4.86. The summed E-state index contributed by atoms with van der Waals surface area (Å²) in [5.41, 5.74) is 2.04. The zero-order chi connectivity index (χ0) is 20.8. The summed E-state index contributed by atoms with van der Waals surface area (Å²) in [5, 5.41) is 9.95. The van der Waals surface area contributed by atoms with E-state index >= 15 is 0 Å². The molecule has 0 amide bonds. The number of imidazole rings is 1. The molecule has 150 valence electrons. The Hall–Kier alpha value is -3.06. The van der Waals surface area contributed by atoms with Crippen molar-refractivity contribution in [2.75, 3.05) is 13.7 Å². The van der Waals surface area contributed by atoms with Crippen LogP contribution in [0.3, 0.4) is 0 Å². The van der Waals surface area contributed by atoms with E-state index in [4.69, 9.17) is 9.47 Å². The highest BCUT2D eigenvalue weighted by Crippen LogP contribution is 2.34. The van der Waals surface area contributed by atoms with Gasteiger partial charge in [0.1, 0.15) is 11.4 Å². The number of carbonyl (C=O) groups is 1. The van der Waals surface area contributed by atoms with E-state index < -0.39 is 5.97 Å². The monoisotopic (exact) mass is 456 g/mol. The number of hydrogen-bond acceptors (Lipinski definition) is 5. The number of nitrogens with zero attached hydrogens (tertiary/aromatic N) is 2. The summed E-state index contributed by atoms with van der Waals surface area (Å²) in [4.78, 5) is 17.1. The van der Waals surface area contributed by atoms with Crippen molar-refractivity contribution >= 4 is 33.5 Å². The van der Waals surface area contributed by atoms with E-state index in [2.05, 4.69) is 20.9 Å². The van der Waals surface area contributed by atoms with Gasteiger partial charge >= 0.3 is 5.97 Å². The maximum atomic E-state index is 12.7. The van der Waals surface area contributed by atoms with Gasteiger partial charge in [-0.3, -0.25) is 0 Å². The average molecular weight is 457 g/mol. The van der Waals surface area contributed by atoms with Crippen LogP contribution in [0.4, 0.5) is 0 Å². The van der Waals surface area contributed by atoms with Crippen LogP contribution >= 0.6 is 15.9 Å². The molecule has 0 unspecified atom stereocenters. The minimum atomic E-state index is -0.480. The zero-order valence-corrected chi connectivity index (χ0v) is 17.7. The summed E-state index contributed by atoms with van der Waals surface area (Å²) in [6, 6.07) is 13.1. The molecule has 0 aliphatic carbocycles. The second-order valence-electron chi connectivity index (χ2n) is 6.19. The van der Waals surface area contributed by atoms with E-state index in [1.165, 1.54) is 13.2 Å². The van der Waals surface area contributed by atoms with E-state index in [1.807, 2.05) is 41.1 Å². The minimum Gasteiger partial charge on any atom is -0.504 e. The topological polar surface area (TPSA) is 73.6 Å². The number of esters is 1. The van der Waals surface area contributed by atoms with E-state index in [-0.39, 0.29) is 12.4 Å². The molecule has 1 aromatic heterocycles. The second-order valence-corrected chi connectivity index (χ2v) is 7.04. The summed E-state index contributed by atoms with van der Waals surface area (Å²) in [5.74, 6) is 0.313. The lowest BCUT2D eigenvalue weighted by atomic mass is 10.1. The molecule has 2 aromatic carbocycles. The van der Waals surface area contributed by atoms with Crippen molar-refractivity contribution in [3.63, 3.8) is 0 Å². The first kappa shape index (κ1) is 20.7. The molecule has 0 saturated carbocycles. The predicted molar refractivity (Wildman–Crippen MR) is 115 cm³/mol. The second kappa shape index (κ2) is 9.43. The van der Waals surface area contributed by atoms with Crippen molar-refractivity contribution in [2.24, 2.45) is 0 Å². The smallest absolute Gasteiger partial charge is 0.341 e. The van der Waals surface area contributed by atoms with Gasteiger partial charge in [-0.05, 0) is 36.3 Å². The van der Waals surface area contributed by atoms with E-state index in [0.717, 1.165) is 5.56 Å². The molecule has 3 rings (SSSR count). The molecular weight excluding hydrogens is 436 g/mol. The van der Waals surface area contributed by atoms with Crippen LogP contribution in [0.15, 0.2) is 59.3 Å². The third-order valence-electron chi connectivity index (χ3n) is 4.25. The summed E-state index contributed by atoms with van der Waals surface area (Å²) in [6.45, 7) is 2.56. The van der Waals surface area contributed by atoms with Gasteiger partial charge in [0.05, 0.1) is 13.7 Å². The Morgan fingerprint density at radius 2 is 2.03 bits per heavy atom. The van der Waals surface area contributed by atoms with Crippen LogP contribution in [-0.2, 0) is 16.1 Å². The molecule has 1 heterocycles. The van der Waals surface area contributed by atoms with Crippen molar-refractivity contribution in [1.29, 1.82) is 0 Å². The lowest BCUT2D eigenvalue weighted by molar-refractivity contribution is -0.136. The highest BCUT2D eigenvalue weighted by molar-refractivity contribution is 9.10. The van der Waals surface area contributed by atoms with E-state index in [9.17, 15) is 9.90 Å². The van der Waals surface area contributed by atoms with E-state index in [1.54, 1.807) is 25.3 Å². The maximum Gasteiger partial charge on any atom is 0.341 e. The SMILES string of the molecule is CCOC(=O)C(=Cc1cc(OC)c(O)cc1Br)c1nccn1Cc1ccccc1. The molecule has 6 nitrogen and oxygen atoms in total. The van der Waals surface area contributed by atoms with Crippen molar-refractivity contribution in [3.05, 3.63) is 76.3 Å². The molecule has 0 bridgehead atoms. The molecule has 0 saturated heterocycles. The van der Waals surface area contributed by atoms with Crippen LogP contribution in [0.2, 0.25) is 0 Å². The number of rotatable bonds is 7. The summed E-state index contributed by atoms with van der Waals surface area (Å²) < 4.78 is 13.0. The summed E-state index contributed by atoms with van der Waals surface area (Å²) in [6.07, 6.45) is 5.15. The highest BCUT2D eigenvalue weighted by Gasteiger charge is 2.20. The average Bonchev–Trinajstić information content (AvgIpc) is 3.16. The normalized spacial score (nSPS) is 11.3. The number of carbonyl (C=O) groups excluding carboxylic acids is 1. The molecule has 0 spiro atoms. The Bertz CT molecular complexity index is 1030. The molecule has 7 heteroatoms. The summed E-state index contributed by atoms with van der Waals surface area (Å²) in [7, 11) is 1.47. The lowest BCUT2D eigenvalue weighted by Gasteiger charge is -2.12. The van der Waals surface area contributed by atoms with Crippen LogP contribution in [0.5, 0.6) is 11.5 Å². The number of aromatic nitrogens is 2. The third-order valence-corrected chi connectivity index (χ3v) is 4.93. The molecule has 0 aliphatic heterocycles. The Morgan fingerprint density at radius 1 is 1.28 bits per heavy atom. The fraction of sp³-hybridized carbons (Fsp3) is 0.182. The Kier molecular flexibility index (Phi) is 6.72. The molecule has 0 atom stereocenters. The minimum absolute atomic E-state index is 0.000197. The fourth-order valence-electron chi connectivity index (χ4n) is 2.87. The molecule has 0 aliphatic rings. The number of ether oxygens (including phenoxy) is 2. The quantitative estimate of drug-likeness (QED) is 0.418. The van der Waals surface area contributed by atoms with Gasteiger partial charge in [0, 0.05) is 23.4 Å². The number of benzene rings is 2. The van der Waals surface area contributed by atoms with Gasteiger partial charge in [0.2, 0.25) is 0 Å². The molecular formula is C22H21BrN2O4.